The maximum atomic E-state index is 12.2. The summed E-state index contributed by atoms with van der Waals surface area (Å²) in [6, 6.07) is -2.05. The van der Waals surface area contributed by atoms with E-state index in [2.05, 4.69) is 0 Å². The largest absolute Gasteiger partial charge is 0.462 e. The first kappa shape index (κ1) is 34.2. The molecule has 0 amide bonds. The van der Waals surface area contributed by atoms with Crippen molar-refractivity contribution in [2.24, 2.45) is 5.92 Å². The molecule has 1 aliphatic carbocycles. The van der Waals surface area contributed by atoms with Crippen LogP contribution in [0, 0.1) is 16.0 Å². The van der Waals surface area contributed by atoms with Gasteiger partial charge in [0.2, 0.25) is 0 Å². The van der Waals surface area contributed by atoms with Crippen molar-refractivity contribution in [3.8, 4) is 0 Å². The summed E-state index contributed by atoms with van der Waals surface area (Å²) in [5.41, 5.74) is 0. The maximum absolute atomic E-state index is 12.2. The normalized spacial score (nSPS) is 25.1. The smallest absolute Gasteiger partial charge is 0.303 e. The molecule has 0 aliphatic heterocycles. The van der Waals surface area contributed by atoms with Gasteiger partial charge in [-0.25, -0.2) is 0 Å². The maximum Gasteiger partial charge on any atom is 0.303 e. The van der Waals surface area contributed by atoms with E-state index in [9.17, 15) is 49.1 Å². The molecule has 0 aromatic carbocycles. The summed E-state index contributed by atoms with van der Waals surface area (Å²) in [7, 11) is 0. The van der Waals surface area contributed by atoms with Crippen molar-refractivity contribution >= 4 is 35.8 Å². The summed E-state index contributed by atoms with van der Waals surface area (Å²) in [5, 5.41) is 33.1. The van der Waals surface area contributed by atoms with Gasteiger partial charge in [-0.05, 0) is 6.42 Å². The van der Waals surface area contributed by atoms with Gasteiger partial charge in [-0.3, -0.25) is 38.9 Å². The van der Waals surface area contributed by atoms with E-state index in [1.54, 1.807) is 0 Å². The molecular weight excluding hydrogens is 546 g/mol. The lowest BCUT2D eigenvalue weighted by Gasteiger charge is -2.43. The number of nitrogens with zero attached hydrogens (tertiary/aromatic N) is 1. The van der Waals surface area contributed by atoms with Gasteiger partial charge in [0.25, 0.3) is 6.04 Å². The van der Waals surface area contributed by atoms with Gasteiger partial charge in [0, 0.05) is 46.5 Å². The Labute approximate surface area is 228 Å². The molecule has 1 fully saturated rings. The van der Waals surface area contributed by atoms with Gasteiger partial charge in [0.05, 0.1) is 12.0 Å². The minimum atomic E-state index is -2.05. The molecule has 40 heavy (non-hydrogen) atoms. The standard InChI is InChI=1S/C23H33NO16/c1-9(25)35-8-17(36-10(2)26)21(38-12(4)28)23(40-14(6)30)20(37-11(3)27)15-7-16(31)19(32)22(39-13(5)29)18(15)24(33)34/h15-23,31-32H,7-8H2,1-6H3/t15-,16+,17+,18+,19+,20-,21-,22+,23+/m0/s1. The molecule has 9 atom stereocenters. The molecule has 17 heteroatoms. The Balaban J connectivity index is 3.86. The number of hydrogen-bond acceptors (Lipinski definition) is 16. The van der Waals surface area contributed by atoms with Gasteiger partial charge in [0.15, 0.2) is 30.5 Å². The van der Waals surface area contributed by atoms with E-state index in [0.29, 0.717) is 0 Å². The predicted octanol–water partition coefficient (Wildman–Crippen LogP) is -1.40. The molecular formula is C23H33NO16. The van der Waals surface area contributed by atoms with Gasteiger partial charge in [-0.1, -0.05) is 0 Å². The third kappa shape index (κ3) is 10.0. The highest BCUT2D eigenvalue weighted by molar-refractivity contribution is 5.69. The Hall–Kier alpha value is -3.86. The van der Waals surface area contributed by atoms with E-state index in [1.807, 2.05) is 0 Å². The lowest BCUT2D eigenvalue weighted by molar-refractivity contribution is -0.554. The second-order valence-corrected chi connectivity index (χ2v) is 8.98. The first-order valence-electron chi connectivity index (χ1n) is 11.9. The van der Waals surface area contributed by atoms with Crippen LogP contribution in [0.1, 0.15) is 48.0 Å². The van der Waals surface area contributed by atoms with Gasteiger partial charge >= 0.3 is 35.8 Å². The average molecular weight is 580 g/mol. The zero-order chi connectivity index (χ0) is 30.9. The van der Waals surface area contributed by atoms with Crippen LogP contribution in [-0.4, -0.2) is 106 Å². The zero-order valence-electron chi connectivity index (χ0n) is 22.7. The van der Waals surface area contributed by atoms with Gasteiger partial charge in [-0.2, -0.15) is 0 Å². The van der Waals surface area contributed by atoms with Crippen molar-refractivity contribution in [3.05, 3.63) is 10.1 Å². The number of ether oxygens (including phenoxy) is 6. The molecule has 0 saturated heterocycles. The number of carbonyl (C=O) groups is 6. The predicted molar refractivity (Wildman–Crippen MR) is 125 cm³/mol. The Morgan fingerprint density at radius 3 is 1.70 bits per heavy atom. The number of hydrogen-bond donors (Lipinski definition) is 2. The van der Waals surface area contributed by atoms with Crippen LogP contribution >= 0.6 is 0 Å². The second kappa shape index (κ2) is 15.1. The van der Waals surface area contributed by atoms with Crippen molar-refractivity contribution in [1.29, 1.82) is 0 Å². The minimum absolute atomic E-state index is 0.657. The van der Waals surface area contributed by atoms with Gasteiger partial charge in [0.1, 0.15) is 12.7 Å². The monoisotopic (exact) mass is 579 g/mol. The van der Waals surface area contributed by atoms with Crippen molar-refractivity contribution in [1.82, 2.24) is 0 Å². The first-order chi connectivity index (χ1) is 18.5. The van der Waals surface area contributed by atoms with E-state index in [-0.39, 0.29) is 0 Å². The number of nitro groups is 1. The van der Waals surface area contributed by atoms with Crippen molar-refractivity contribution < 1.29 is 72.3 Å². The van der Waals surface area contributed by atoms with Crippen LogP contribution in [0.2, 0.25) is 0 Å². The summed E-state index contributed by atoms with van der Waals surface area (Å²) in [6.07, 6.45) is -13.8. The fourth-order valence-electron chi connectivity index (χ4n) is 4.42. The number of rotatable bonds is 12. The van der Waals surface area contributed by atoms with Gasteiger partial charge in [-0.15, -0.1) is 0 Å². The van der Waals surface area contributed by atoms with Gasteiger partial charge < -0.3 is 38.6 Å². The summed E-state index contributed by atoms with van der Waals surface area (Å²) >= 11 is 0. The molecule has 1 rings (SSSR count). The Bertz CT molecular complexity index is 982. The first-order valence-corrected chi connectivity index (χ1v) is 11.9. The van der Waals surface area contributed by atoms with E-state index >= 15 is 0 Å². The number of aliphatic hydroxyl groups is 2. The van der Waals surface area contributed by atoms with Crippen LogP contribution in [0.15, 0.2) is 0 Å². The second-order valence-electron chi connectivity index (χ2n) is 8.98. The fourth-order valence-corrected chi connectivity index (χ4v) is 4.42. The van der Waals surface area contributed by atoms with Crippen LogP contribution in [0.4, 0.5) is 0 Å². The Morgan fingerprint density at radius 2 is 1.27 bits per heavy atom. The Morgan fingerprint density at radius 1 is 0.775 bits per heavy atom. The molecule has 0 radical (unpaired) electrons. The van der Waals surface area contributed by atoms with Crippen LogP contribution in [0.25, 0.3) is 0 Å². The molecule has 0 unspecified atom stereocenters. The highest BCUT2D eigenvalue weighted by Crippen LogP contribution is 2.37. The average Bonchev–Trinajstić information content (AvgIpc) is 2.79. The lowest BCUT2D eigenvalue weighted by Crippen LogP contribution is -2.64. The fraction of sp³-hybridized carbons (Fsp3) is 0.739. The van der Waals surface area contributed by atoms with Crippen LogP contribution in [0.5, 0.6) is 0 Å². The number of esters is 6. The molecule has 0 aromatic heterocycles. The summed E-state index contributed by atoms with van der Waals surface area (Å²) in [5.74, 6) is -7.69. The quantitative estimate of drug-likeness (QED) is 0.117. The summed E-state index contributed by atoms with van der Waals surface area (Å²) in [4.78, 5) is 82.7. The number of aliphatic hydroxyl groups excluding tert-OH is 2. The van der Waals surface area contributed by atoms with E-state index < -0.39 is 108 Å². The lowest BCUT2D eigenvalue weighted by atomic mass is 9.74. The molecule has 1 saturated carbocycles. The summed E-state index contributed by atoms with van der Waals surface area (Å²) < 4.78 is 30.8. The molecule has 0 spiro atoms. The topological polar surface area (TPSA) is 241 Å². The van der Waals surface area contributed by atoms with Crippen molar-refractivity contribution in [2.75, 3.05) is 6.61 Å². The van der Waals surface area contributed by atoms with Crippen molar-refractivity contribution in [3.63, 3.8) is 0 Å². The third-order valence-corrected chi connectivity index (χ3v) is 5.68. The van der Waals surface area contributed by atoms with Crippen LogP contribution in [-0.2, 0) is 57.2 Å². The third-order valence-electron chi connectivity index (χ3n) is 5.68. The molecule has 226 valence electrons. The molecule has 0 aromatic rings. The highest BCUT2D eigenvalue weighted by Gasteiger charge is 2.59. The number of carbonyl (C=O) groups excluding carboxylic acids is 6. The van der Waals surface area contributed by atoms with Crippen LogP contribution < -0.4 is 0 Å². The van der Waals surface area contributed by atoms with Crippen molar-refractivity contribution in [2.45, 2.75) is 96.7 Å². The molecule has 2 N–H and O–H groups in total. The van der Waals surface area contributed by atoms with Crippen LogP contribution in [0.3, 0.4) is 0 Å². The zero-order valence-corrected chi connectivity index (χ0v) is 22.7. The summed E-state index contributed by atoms with van der Waals surface area (Å²) in [6.45, 7) is 4.86. The van der Waals surface area contributed by atoms with E-state index in [1.165, 1.54) is 0 Å². The molecule has 0 heterocycles. The SMILES string of the molecule is CC(=O)OC[C@@H](OC(C)=O)[C@H](OC(C)=O)[C@H](OC(C)=O)[C@@H](OC(C)=O)[C@H]1C[C@@H](O)[C@@H](O)[C@H](OC(C)=O)[C@@H]1[N+](=O)[O-]. The minimum Gasteiger partial charge on any atom is -0.462 e. The van der Waals surface area contributed by atoms with E-state index in [4.69, 9.17) is 28.4 Å². The molecule has 17 nitrogen and oxygen atoms in total. The van der Waals surface area contributed by atoms with E-state index in [0.717, 1.165) is 41.5 Å². The Kier molecular flexibility index (Phi) is 12.9. The molecule has 1 aliphatic rings. The highest BCUT2D eigenvalue weighted by atomic mass is 16.7. The molecule has 0 bridgehead atoms.